The van der Waals surface area contributed by atoms with Crippen molar-refractivity contribution in [1.82, 2.24) is 20.1 Å². The standard InChI is InChI=1S/C12H18N4O2S/c1-15(2)12(18)16-5-3-4-10(16)11(17)13-6-9-7-19-8-14-9/h7-8,10H,3-6H2,1-2H3,(H,13,17). The van der Waals surface area contributed by atoms with Crippen molar-refractivity contribution in [2.45, 2.75) is 25.4 Å². The monoisotopic (exact) mass is 282 g/mol. The Labute approximate surface area is 116 Å². The lowest BCUT2D eigenvalue weighted by Crippen LogP contribution is -2.49. The first kappa shape index (κ1) is 13.8. The average molecular weight is 282 g/mol. The lowest BCUT2D eigenvalue weighted by molar-refractivity contribution is -0.125. The van der Waals surface area contributed by atoms with E-state index in [-0.39, 0.29) is 18.0 Å². The van der Waals surface area contributed by atoms with E-state index in [1.165, 1.54) is 16.2 Å². The zero-order valence-corrected chi connectivity index (χ0v) is 11.9. The van der Waals surface area contributed by atoms with E-state index in [1.807, 2.05) is 5.38 Å². The van der Waals surface area contributed by atoms with E-state index in [4.69, 9.17) is 0 Å². The quantitative estimate of drug-likeness (QED) is 0.896. The maximum atomic E-state index is 12.1. The first-order valence-electron chi connectivity index (χ1n) is 6.22. The highest BCUT2D eigenvalue weighted by Crippen LogP contribution is 2.18. The van der Waals surface area contributed by atoms with Crippen LogP contribution in [0.25, 0.3) is 0 Å². The van der Waals surface area contributed by atoms with Gasteiger partial charge in [-0.3, -0.25) is 4.79 Å². The van der Waals surface area contributed by atoms with Gasteiger partial charge in [0.15, 0.2) is 0 Å². The van der Waals surface area contributed by atoms with Gasteiger partial charge in [0.1, 0.15) is 6.04 Å². The van der Waals surface area contributed by atoms with Crippen molar-refractivity contribution in [3.63, 3.8) is 0 Å². The van der Waals surface area contributed by atoms with E-state index >= 15 is 0 Å². The number of hydrogen-bond donors (Lipinski definition) is 1. The minimum Gasteiger partial charge on any atom is -0.349 e. The summed E-state index contributed by atoms with van der Waals surface area (Å²) in [7, 11) is 3.40. The average Bonchev–Trinajstić information content (AvgIpc) is 3.05. The zero-order chi connectivity index (χ0) is 13.8. The molecular formula is C12H18N4O2S. The predicted octanol–water partition coefficient (Wildman–Crippen LogP) is 0.905. The Balaban J connectivity index is 1.92. The highest BCUT2D eigenvalue weighted by atomic mass is 32.1. The molecule has 1 aliphatic heterocycles. The molecule has 0 spiro atoms. The first-order chi connectivity index (χ1) is 9.09. The predicted molar refractivity (Wildman–Crippen MR) is 72.8 cm³/mol. The molecule has 1 aromatic rings. The van der Waals surface area contributed by atoms with E-state index in [9.17, 15) is 9.59 Å². The Hall–Kier alpha value is -1.63. The fraction of sp³-hybridized carbons (Fsp3) is 0.583. The van der Waals surface area contributed by atoms with Crippen LogP contribution in [0.3, 0.4) is 0 Å². The maximum absolute atomic E-state index is 12.1. The highest BCUT2D eigenvalue weighted by Gasteiger charge is 2.34. The molecule has 2 heterocycles. The van der Waals surface area contributed by atoms with Crippen LogP contribution in [-0.4, -0.2) is 53.4 Å². The normalized spacial score (nSPS) is 18.4. The summed E-state index contributed by atoms with van der Waals surface area (Å²) < 4.78 is 0. The third kappa shape index (κ3) is 3.23. The van der Waals surface area contributed by atoms with Gasteiger partial charge in [-0.25, -0.2) is 9.78 Å². The molecule has 2 rings (SSSR count). The topological polar surface area (TPSA) is 65.5 Å². The smallest absolute Gasteiger partial charge is 0.320 e. The van der Waals surface area contributed by atoms with E-state index in [0.717, 1.165) is 18.5 Å². The van der Waals surface area contributed by atoms with Gasteiger partial charge in [-0.05, 0) is 12.8 Å². The zero-order valence-electron chi connectivity index (χ0n) is 11.1. The Kier molecular flexibility index (Phi) is 4.36. The van der Waals surface area contributed by atoms with Crippen LogP contribution in [0.5, 0.6) is 0 Å². The van der Waals surface area contributed by atoms with Gasteiger partial charge in [-0.15, -0.1) is 11.3 Å². The van der Waals surface area contributed by atoms with Crippen LogP contribution in [0, 0.1) is 0 Å². The van der Waals surface area contributed by atoms with Crippen LogP contribution in [0.4, 0.5) is 4.79 Å². The maximum Gasteiger partial charge on any atom is 0.320 e. The van der Waals surface area contributed by atoms with Gasteiger partial charge in [0.25, 0.3) is 0 Å². The summed E-state index contributed by atoms with van der Waals surface area (Å²) in [4.78, 5) is 31.3. The lowest BCUT2D eigenvalue weighted by atomic mass is 10.2. The number of hydrogen-bond acceptors (Lipinski definition) is 4. The van der Waals surface area contributed by atoms with Crippen LogP contribution in [0.2, 0.25) is 0 Å². The molecule has 0 saturated carbocycles. The summed E-state index contributed by atoms with van der Waals surface area (Å²) in [5, 5.41) is 4.74. The number of aromatic nitrogens is 1. The van der Waals surface area contributed by atoms with Crippen molar-refractivity contribution < 1.29 is 9.59 Å². The Morgan fingerprint density at radius 1 is 1.58 bits per heavy atom. The molecule has 1 N–H and O–H groups in total. The fourth-order valence-corrected chi connectivity index (χ4v) is 2.70. The minimum absolute atomic E-state index is 0.0966. The summed E-state index contributed by atoms with van der Waals surface area (Å²) in [5.74, 6) is -0.0966. The summed E-state index contributed by atoms with van der Waals surface area (Å²) in [5.41, 5.74) is 2.58. The van der Waals surface area contributed by atoms with Crippen molar-refractivity contribution in [3.05, 3.63) is 16.6 Å². The molecule has 0 aliphatic carbocycles. The third-order valence-corrected chi connectivity index (χ3v) is 3.75. The molecule has 0 bridgehead atoms. The molecular weight excluding hydrogens is 264 g/mol. The SMILES string of the molecule is CN(C)C(=O)N1CCCC1C(=O)NCc1cscn1. The Morgan fingerprint density at radius 3 is 3.00 bits per heavy atom. The van der Waals surface area contributed by atoms with Crippen LogP contribution in [0.1, 0.15) is 18.5 Å². The second-order valence-corrected chi connectivity index (χ2v) is 5.44. The molecule has 7 heteroatoms. The first-order valence-corrected chi connectivity index (χ1v) is 7.16. The minimum atomic E-state index is -0.353. The summed E-state index contributed by atoms with van der Waals surface area (Å²) >= 11 is 1.50. The van der Waals surface area contributed by atoms with Crippen molar-refractivity contribution in [1.29, 1.82) is 0 Å². The van der Waals surface area contributed by atoms with Crippen molar-refractivity contribution >= 4 is 23.3 Å². The van der Waals surface area contributed by atoms with Gasteiger partial charge in [0, 0.05) is 26.0 Å². The number of nitrogens with one attached hydrogen (secondary N) is 1. The van der Waals surface area contributed by atoms with E-state index in [0.29, 0.717) is 13.1 Å². The van der Waals surface area contributed by atoms with Crippen molar-refractivity contribution in [2.24, 2.45) is 0 Å². The van der Waals surface area contributed by atoms with Crippen LogP contribution < -0.4 is 5.32 Å². The number of urea groups is 1. The largest absolute Gasteiger partial charge is 0.349 e. The van der Waals surface area contributed by atoms with Gasteiger partial charge in [0.05, 0.1) is 17.7 Å². The molecule has 1 saturated heterocycles. The van der Waals surface area contributed by atoms with Crippen LogP contribution in [-0.2, 0) is 11.3 Å². The molecule has 104 valence electrons. The molecule has 3 amide bonds. The number of carbonyl (C=O) groups excluding carboxylic acids is 2. The van der Waals surface area contributed by atoms with Gasteiger partial charge in [-0.1, -0.05) is 0 Å². The van der Waals surface area contributed by atoms with Crippen molar-refractivity contribution in [2.75, 3.05) is 20.6 Å². The highest BCUT2D eigenvalue weighted by molar-refractivity contribution is 7.07. The third-order valence-electron chi connectivity index (χ3n) is 3.11. The number of rotatable bonds is 3. The second-order valence-electron chi connectivity index (χ2n) is 4.73. The van der Waals surface area contributed by atoms with E-state index < -0.39 is 0 Å². The van der Waals surface area contributed by atoms with Crippen LogP contribution in [0.15, 0.2) is 10.9 Å². The second kappa shape index (κ2) is 6.01. The molecule has 1 fully saturated rings. The van der Waals surface area contributed by atoms with E-state index in [2.05, 4.69) is 10.3 Å². The van der Waals surface area contributed by atoms with Gasteiger partial charge >= 0.3 is 6.03 Å². The lowest BCUT2D eigenvalue weighted by Gasteiger charge is -2.26. The van der Waals surface area contributed by atoms with Gasteiger partial charge < -0.3 is 15.1 Å². The Bertz CT molecular complexity index is 447. The summed E-state index contributed by atoms with van der Waals surface area (Å²) in [6, 6.07) is -0.458. The molecule has 1 aliphatic rings. The molecule has 1 unspecified atom stereocenters. The number of thiazole rings is 1. The number of amides is 3. The molecule has 0 radical (unpaired) electrons. The molecule has 1 aromatic heterocycles. The number of likely N-dealkylation sites (tertiary alicyclic amines) is 1. The molecule has 6 nitrogen and oxygen atoms in total. The van der Waals surface area contributed by atoms with Gasteiger partial charge in [-0.2, -0.15) is 0 Å². The summed E-state index contributed by atoms with van der Waals surface area (Å²) in [6.07, 6.45) is 1.59. The van der Waals surface area contributed by atoms with Crippen LogP contribution >= 0.6 is 11.3 Å². The van der Waals surface area contributed by atoms with Crippen molar-refractivity contribution in [3.8, 4) is 0 Å². The molecule has 0 aromatic carbocycles. The molecule has 19 heavy (non-hydrogen) atoms. The summed E-state index contributed by atoms with van der Waals surface area (Å²) in [6.45, 7) is 1.06. The molecule has 1 atom stereocenters. The fourth-order valence-electron chi connectivity index (χ4n) is 2.15. The number of carbonyl (C=O) groups is 2. The number of nitrogens with zero attached hydrogens (tertiary/aromatic N) is 3. The Morgan fingerprint density at radius 2 is 2.37 bits per heavy atom. The van der Waals surface area contributed by atoms with E-state index in [1.54, 1.807) is 24.5 Å². The van der Waals surface area contributed by atoms with Gasteiger partial charge in [0.2, 0.25) is 5.91 Å².